The van der Waals surface area contributed by atoms with E-state index < -0.39 is 11.8 Å². The van der Waals surface area contributed by atoms with Crippen molar-refractivity contribution in [2.75, 3.05) is 13.1 Å². The van der Waals surface area contributed by atoms with E-state index in [1.165, 1.54) is 0 Å². The topological polar surface area (TPSA) is 40.6 Å². The second kappa shape index (κ2) is 6.14. The highest BCUT2D eigenvalue weighted by molar-refractivity contribution is 9.10. The van der Waals surface area contributed by atoms with Crippen LogP contribution in [0.2, 0.25) is 5.02 Å². The second-order valence-electron chi connectivity index (χ2n) is 5.05. The Bertz CT molecular complexity index is 548. The molecule has 0 N–H and O–H groups in total. The lowest BCUT2D eigenvalue weighted by Gasteiger charge is -2.36. The Kier molecular flexibility index (Phi) is 4.70. The summed E-state index contributed by atoms with van der Waals surface area (Å²) < 4.78 is 0.887. The number of halogens is 2. The van der Waals surface area contributed by atoms with E-state index in [2.05, 4.69) is 15.9 Å². The fraction of sp³-hybridized carbons (Fsp3) is 0.429. The minimum absolute atomic E-state index is 0.0462. The second-order valence-corrected chi connectivity index (χ2v) is 6.38. The van der Waals surface area contributed by atoms with Crippen molar-refractivity contribution >= 4 is 39.3 Å². The van der Waals surface area contributed by atoms with Gasteiger partial charge in [0.2, 0.25) is 0 Å². The van der Waals surface area contributed by atoms with Gasteiger partial charge in [-0.3, -0.25) is 9.59 Å². The third kappa shape index (κ3) is 3.15. The Morgan fingerprint density at radius 1 is 1.25 bits per heavy atom. The van der Waals surface area contributed by atoms with Crippen LogP contribution in [0.25, 0.3) is 0 Å². The maximum atomic E-state index is 12.1. The average molecular weight is 360 g/mol. The summed E-state index contributed by atoms with van der Waals surface area (Å²) in [5.74, 6) is -0.886. The summed E-state index contributed by atoms with van der Waals surface area (Å²) in [6.07, 6.45) is 0. The van der Waals surface area contributed by atoms with Crippen LogP contribution in [0.15, 0.2) is 22.7 Å². The molecule has 0 bridgehead atoms. The molecule has 2 amide bonds. The summed E-state index contributed by atoms with van der Waals surface area (Å²) in [7, 11) is 0. The number of benzene rings is 1. The van der Waals surface area contributed by atoms with Gasteiger partial charge in [-0.25, -0.2) is 0 Å². The monoisotopic (exact) mass is 358 g/mol. The average Bonchev–Trinajstić information content (AvgIpc) is 2.37. The summed E-state index contributed by atoms with van der Waals surface area (Å²) >= 11 is 9.49. The number of nitrogens with zero attached hydrogens (tertiary/aromatic N) is 2. The molecule has 1 fully saturated rings. The minimum Gasteiger partial charge on any atom is -0.330 e. The van der Waals surface area contributed by atoms with Crippen LogP contribution in [-0.4, -0.2) is 40.7 Å². The first kappa shape index (κ1) is 15.3. The highest BCUT2D eigenvalue weighted by Gasteiger charge is 2.33. The Morgan fingerprint density at radius 3 is 2.55 bits per heavy atom. The van der Waals surface area contributed by atoms with E-state index in [9.17, 15) is 9.59 Å². The van der Waals surface area contributed by atoms with E-state index in [0.717, 1.165) is 10.0 Å². The van der Waals surface area contributed by atoms with Gasteiger partial charge in [-0.1, -0.05) is 33.6 Å². The SMILES string of the molecule is CC(C)N1CCN(Cc2ccc(Br)cc2Cl)C(=O)C1=O. The van der Waals surface area contributed by atoms with Gasteiger partial charge in [0.15, 0.2) is 0 Å². The molecule has 1 aliphatic rings. The lowest BCUT2D eigenvalue weighted by molar-refractivity contribution is -0.157. The Labute approximate surface area is 131 Å². The van der Waals surface area contributed by atoms with Gasteiger partial charge in [0.1, 0.15) is 0 Å². The molecule has 108 valence electrons. The van der Waals surface area contributed by atoms with Crippen molar-refractivity contribution in [3.05, 3.63) is 33.3 Å². The molecule has 1 aliphatic heterocycles. The molecule has 0 saturated carbocycles. The highest BCUT2D eigenvalue weighted by atomic mass is 79.9. The molecule has 0 aromatic heterocycles. The number of piperazine rings is 1. The van der Waals surface area contributed by atoms with Crippen LogP contribution < -0.4 is 0 Å². The van der Waals surface area contributed by atoms with Crippen molar-refractivity contribution in [2.24, 2.45) is 0 Å². The maximum absolute atomic E-state index is 12.1. The lowest BCUT2D eigenvalue weighted by atomic mass is 10.1. The molecule has 0 spiro atoms. The van der Waals surface area contributed by atoms with Crippen LogP contribution in [0.3, 0.4) is 0 Å². The number of hydrogen-bond donors (Lipinski definition) is 0. The van der Waals surface area contributed by atoms with Gasteiger partial charge in [0, 0.05) is 35.2 Å². The molecule has 1 saturated heterocycles. The van der Waals surface area contributed by atoms with Crippen LogP contribution in [-0.2, 0) is 16.1 Å². The first-order chi connectivity index (χ1) is 9.40. The lowest BCUT2D eigenvalue weighted by Crippen LogP contribution is -2.55. The van der Waals surface area contributed by atoms with Gasteiger partial charge in [-0.05, 0) is 31.5 Å². The zero-order valence-electron chi connectivity index (χ0n) is 11.4. The standard InChI is InChI=1S/C14H16BrClN2O2/c1-9(2)18-6-5-17(13(19)14(18)20)8-10-3-4-11(15)7-12(10)16/h3-4,7,9H,5-6,8H2,1-2H3. The fourth-order valence-electron chi connectivity index (χ4n) is 2.19. The maximum Gasteiger partial charge on any atom is 0.312 e. The molecule has 0 aliphatic carbocycles. The smallest absolute Gasteiger partial charge is 0.312 e. The van der Waals surface area contributed by atoms with Gasteiger partial charge in [0.05, 0.1) is 0 Å². The molecular weight excluding hydrogens is 344 g/mol. The van der Waals surface area contributed by atoms with Gasteiger partial charge in [0.25, 0.3) is 0 Å². The van der Waals surface area contributed by atoms with Crippen molar-refractivity contribution in [1.82, 2.24) is 9.80 Å². The molecule has 20 heavy (non-hydrogen) atoms. The highest BCUT2D eigenvalue weighted by Crippen LogP contribution is 2.23. The van der Waals surface area contributed by atoms with E-state index in [0.29, 0.717) is 24.7 Å². The van der Waals surface area contributed by atoms with Crippen LogP contribution >= 0.6 is 27.5 Å². The van der Waals surface area contributed by atoms with E-state index >= 15 is 0 Å². The third-order valence-corrected chi connectivity index (χ3v) is 4.19. The first-order valence-corrected chi connectivity index (χ1v) is 7.61. The summed E-state index contributed by atoms with van der Waals surface area (Å²) in [5, 5.41) is 0.589. The Hall–Kier alpha value is -1.07. The molecule has 0 atom stereocenters. The Morgan fingerprint density at radius 2 is 1.95 bits per heavy atom. The summed E-state index contributed by atoms with van der Waals surface area (Å²) in [5.41, 5.74) is 0.842. The van der Waals surface area contributed by atoms with Crippen LogP contribution in [0.1, 0.15) is 19.4 Å². The van der Waals surface area contributed by atoms with Crippen molar-refractivity contribution < 1.29 is 9.59 Å². The number of amides is 2. The predicted molar refractivity (Wildman–Crippen MR) is 81.4 cm³/mol. The number of hydrogen-bond acceptors (Lipinski definition) is 2. The molecule has 1 heterocycles. The van der Waals surface area contributed by atoms with Crippen molar-refractivity contribution in [3.63, 3.8) is 0 Å². The molecular formula is C14H16BrClN2O2. The summed E-state index contributed by atoms with van der Waals surface area (Å²) in [6.45, 7) is 5.28. The molecule has 0 unspecified atom stereocenters. The van der Waals surface area contributed by atoms with E-state index in [1.807, 2.05) is 26.0 Å². The molecule has 1 aromatic carbocycles. The first-order valence-electron chi connectivity index (χ1n) is 6.44. The van der Waals surface area contributed by atoms with E-state index in [-0.39, 0.29) is 6.04 Å². The van der Waals surface area contributed by atoms with Gasteiger partial charge >= 0.3 is 11.8 Å². The largest absolute Gasteiger partial charge is 0.330 e. The molecule has 6 heteroatoms. The quantitative estimate of drug-likeness (QED) is 0.779. The molecule has 4 nitrogen and oxygen atoms in total. The van der Waals surface area contributed by atoms with E-state index in [1.54, 1.807) is 15.9 Å². The zero-order valence-corrected chi connectivity index (χ0v) is 13.7. The van der Waals surface area contributed by atoms with Gasteiger partial charge in [-0.2, -0.15) is 0 Å². The minimum atomic E-state index is -0.455. The predicted octanol–water partition coefficient (Wildman–Crippen LogP) is 2.68. The van der Waals surface area contributed by atoms with Crippen LogP contribution in [0.4, 0.5) is 0 Å². The Balaban J connectivity index is 2.11. The van der Waals surface area contributed by atoms with Crippen LogP contribution in [0, 0.1) is 0 Å². The van der Waals surface area contributed by atoms with Crippen molar-refractivity contribution in [3.8, 4) is 0 Å². The summed E-state index contributed by atoms with van der Waals surface area (Å²) in [6, 6.07) is 5.56. The number of rotatable bonds is 3. The zero-order chi connectivity index (χ0) is 14.9. The molecule has 0 radical (unpaired) electrons. The van der Waals surface area contributed by atoms with E-state index in [4.69, 9.17) is 11.6 Å². The number of carbonyl (C=O) groups excluding carboxylic acids is 2. The number of carbonyl (C=O) groups is 2. The van der Waals surface area contributed by atoms with Crippen LogP contribution in [0.5, 0.6) is 0 Å². The van der Waals surface area contributed by atoms with Crippen molar-refractivity contribution in [2.45, 2.75) is 26.4 Å². The molecule has 1 aromatic rings. The fourth-order valence-corrected chi connectivity index (χ4v) is 2.92. The van der Waals surface area contributed by atoms with Gasteiger partial charge < -0.3 is 9.80 Å². The molecule has 2 rings (SSSR count). The van der Waals surface area contributed by atoms with Gasteiger partial charge in [-0.15, -0.1) is 0 Å². The van der Waals surface area contributed by atoms with Crippen molar-refractivity contribution in [1.29, 1.82) is 0 Å². The normalized spacial score (nSPS) is 16.2. The summed E-state index contributed by atoms with van der Waals surface area (Å²) in [4.78, 5) is 27.3. The third-order valence-electron chi connectivity index (χ3n) is 3.34.